The molecular weight excluding hydrogens is 340 g/mol. The van der Waals surface area contributed by atoms with Crippen molar-refractivity contribution in [3.05, 3.63) is 51.2 Å². The second kappa shape index (κ2) is 6.70. The quantitative estimate of drug-likeness (QED) is 0.381. The monoisotopic (exact) mass is 358 g/mol. The van der Waals surface area contributed by atoms with Crippen LogP contribution >= 0.6 is 0 Å². The molecule has 26 heavy (non-hydrogen) atoms. The lowest BCUT2D eigenvalue weighted by molar-refractivity contribution is -0.384. The van der Waals surface area contributed by atoms with E-state index in [-0.39, 0.29) is 29.7 Å². The summed E-state index contributed by atoms with van der Waals surface area (Å²) >= 11 is 0. The molecule has 0 spiro atoms. The maximum absolute atomic E-state index is 13.0. The molecule has 3 rings (SSSR count). The lowest BCUT2D eigenvalue weighted by Gasteiger charge is -2.36. The summed E-state index contributed by atoms with van der Waals surface area (Å²) in [5.41, 5.74) is 1.24. The highest BCUT2D eigenvalue weighted by atomic mass is 16.6. The van der Waals surface area contributed by atoms with Gasteiger partial charge >= 0.3 is 5.97 Å². The fourth-order valence-electron chi connectivity index (χ4n) is 3.74. The number of carbonyl (C=O) groups is 3. The summed E-state index contributed by atoms with van der Waals surface area (Å²) in [5, 5.41) is 13.8. The molecule has 1 aromatic carbocycles. The zero-order valence-corrected chi connectivity index (χ0v) is 14.4. The van der Waals surface area contributed by atoms with Gasteiger partial charge in [0.2, 0.25) is 5.91 Å². The van der Waals surface area contributed by atoms with E-state index in [2.05, 4.69) is 5.32 Å². The molecule has 8 nitrogen and oxygen atoms in total. The van der Waals surface area contributed by atoms with Crippen molar-refractivity contribution in [3.8, 4) is 0 Å². The standard InChI is InChI=1S/C18H18N2O6/c1-9-6-13-16(17(22)15(9)18(23)26-2)12(8-14(21)19-13)10-4-3-5-11(7-10)20(24)25/h3-5,7,9,12,15H,6,8H2,1-2H3,(H,19,21)/t9-,12-,15+/m1/s1. The van der Waals surface area contributed by atoms with Gasteiger partial charge in [0, 0.05) is 35.7 Å². The van der Waals surface area contributed by atoms with Crippen LogP contribution in [0.2, 0.25) is 0 Å². The van der Waals surface area contributed by atoms with Gasteiger partial charge in [-0.2, -0.15) is 0 Å². The van der Waals surface area contributed by atoms with Crippen molar-refractivity contribution in [2.75, 3.05) is 7.11 Å². The Balaban J connectivity index is 2.09. The van der Waals surface area contributed by atoms with E-state index in [1.165, 1.54) is 25.3 Å². The lowest BCUT2D eigenvalue weighted by atomic mass is 9.70. The summed E-state index contributed by atoms with van der Waals surface area (Å²) in [4.78, 5) is 47.8. The molecule has 1 aliphatic heterocycles. The minimum Gasteiger partial charge on any atom is -0.468 e. The lowest BCUT2D eigenvalue weighted by Crippen LogP contribution is -2.44. The van der Waals surface area contributed by atoms with E-state index in [0.717, 1.165) is 0 Å². The van der Waals surface area contributed by atoms with Crippen LogP contribution in [0.3, 0.4) is 0 Å². The van der Waals surface area contributed by atoms with Gasteiger partial charge in [0.15, 0.2) is 5.78 Å². The number of nitro benzene ring substituents is 1. The Hall–Kier alpha value is -3.03. The smallest absolute Gasteiger partial charge is 0.316 e. The van der Waals surface area contributed by atoms with Gasteiger partial charge in [0.25, 0.3) is 5.69 Å². The molecule has 2 aliphatic rings. The first-order valence-corrected chi connectivity index (χ1v) is 8.22. The average molecular weight is 358 g/mol. The van der Waals surface area contributed by atoms with E-state index >= 15 is 0 Å². The van der Waals surface area contributed by atoms with Gasteiger partial charge in [-0.15, -0.1) is 0 Å². The van der Waals surface area contributed by atoms with Crippen molar-refractivity contribution in [3.63, 3.8) is 0 Å². The number of allylic oxidation sites excluding steroid dienone is 2. The summed E-state index contributed by atoms with van der Waals surface area (Å²) in [7, 11) is 1.23. The fraction of sp³-hybridized carbons (Fsp3) is 0.389. The third-order valence-corrected chi connectivity index (χ3v) is 4.93. The number of nitrogens with zero attached hydrogens (tertiary/aromatic N) is 1. The van der Waals surface area contributed by atoms with E-state index in [0.29, 0.717) is 23.3 Å². The van der Waals surface area contributed by atoms with Crippen molar-refractivity contribution < 1.29 is 24.0 Å². The molecule has 0 aromatic heterocycles. The van der Waals surface area contributed by atoms with Crippen molar-refractivity contribution in [2.24, 2.45) is 11.8 Å². The van der Waals surface area contributed by atoms with E-state index < -0.39 is 22.7 Å². The summed E-state index contributed by atoms with van der Waals surface area (Å²) < 4.78 is 4.76. The molecule has 0 bridgehead atoms. The van der Waals surface area contributed by atoms with Crippen LogP contribution in [-0.4, -0.2) is 29.7 Å². The van der Waals surface area contributed by atoms with Crippen LogP contribution in [0.1, 0.15) is 31.2 Å². The van der Waals surface area contributed by atoms with E-state index in [1.54, 1.807) is 13.0 Å². The zero-order valence-electron chi connectivity index (χ0n) is 14.4. The van der Waals surface area contributed by atoms with Crippen molar-refractivity contribution in [1.29, 1.82) is 0 Å². The highest BCUT2D eigenvalue weighted by Crippen LogP contribution is 2.42. The Bertz CT molecular complexity index is 844. The van der Waals surface area contributed by atoms with Crippen molar-refractivity contribution in [2.45, 2.75) is 25.7 Å². The highest BCUT2D eigenvalue weighted by molar-refractivity contribution is 6.11. The normalized spacial score (nSPS) is 25.4. The summed E-state index contributed by atoms with van der Waals surface area (Å²) in [6, 6.07) is 5.89. The number of ether oxygens (including phenoxy) is 1. The van der Waals surface area contributed by atoms with Crippen LogP contribution < -0.4 is 5.32 Å². The Kier molecular flexibility index (Phi) is 4.58. The third-order valence-electron chi connectivity index (χ3n) is 4.93. The molecule has 1 N–H and O–H groups in total. The first kappa shape index (κ1) is 17.8. The third kappa shape index (κ3) is 2.98. The number of rotatable bonds is 3. The van der Waals surface area contributed by atoms with Gasteiger partial charge in [0.1, 0.15) is 5.92 Å². The van der Waals surface area contributed by atoms with Gasteiger partial charge in [-0.3, -0.25) is 24.5 Å². The number of ketones is 1. The summed E-state index contributed by atoms with van der Waals surface area (Å²) in [5.74, 6) is -3.11. The Morgan fingerprint density at radius 2 is 2.04 bits per heavy atom. The van der Waals surface area contributed by atoms with Crippen LogP contribution in [-0.2, 0) is 19.1 Å². The summed E-state index contributed by atoms with van der Waals surface area (Å²) in [6.45, 7) is 1.76. The van der Waals surface area contributed by atoms with Crippen LogP contribution in [0.5, 0.6) is 0 Å². The molecule has 0 saturated heterocycles. The molecule has 136 valence electrons. The number of non-ortho nitro benzene ring substituents is 1. The number of hydrogen-bond donors (Lipinski definition) is 1. The Morgan fingerprint density at radius 1 is 1.31 bits per heavy atom. The van der Waals surface area contributed by atoms with Crippen LogP contribution in [0.25, 0.3) is 0 Å². The molecular formula is C18H18N2O6. The minimum atomic E-state index is -0.935. The number of esters is 1. The molecule has 1 heterocycles. The van der Waals surface area contributed by atoms with Gasteiger partial charge in [-0.25, -0.2) is 0 Å². The Morgan fingerprint density at radius 3 is 2.69 bits per heavy atom. The molecule has 0 fully saturated rings. The first-order valence-electron chi connectivity index (χ1n) is 8.22. The van der Waals surface area contributed by atoms with Gasteiger partial charge in [0.05, 0.1) is 12.0 Å². The van der Waals surface area contributed by atoms with Gasteiger partial charge in [-0.05, 0) is 17.9 Å². The largest absolute Gasteiger partial charge is 0.468 e. The second-order valence-electron chi connectivity index (χ2n) is 6.60. The predicted molar refractivity (Wildman–Crippen MR) is 89.9 cm³/mol. The molecule has 0 radical (unpaired) electrons. The van der Waals surface area contributed by atoms with E-state index in [9.17, 15) is 24.5 Å². The number of hydrogen-bond acceptors (Lipinski definition) is 6. The predicted octanol–water partition coefficient (Wildman–Crippen LogP) is 1.85. The van der Waals surface area contributed by atoms with Gasteiger partial charge in [-0.1, -0.05) is 19.1 Å². The van der Waals surface area contributed by atoms with Gasteiger partial charge < -0.3 is 10.1 Å². The molecule has 1 amide bonds. The number of benzene rings is 1. The maximum atomic E-state index is 13.0. The number of amides is 1. The number of carbonyl (C=O) groups excluding carboxylic acids is 3. The topological polar surface area (TPSA) is 116 Å². The first-order chi connectivity index (χ1) is 12.3. The number of nitro groups is 1. The minimum absolute atomic E-state index is 0.00594. The van der Waals surface area contributed by atoms with Crippen LogP contribution in [0, 0.1) is 22.0 Å². The molecule has 1 aliphatic carbocycles. The number of methoxy groups -OCH3 is 1. The second-order valence-corrected chi connectivity index (χ2v) is 6.60. The molecule has 3 atom stereocenters. The number of Topliss-reactive ketones (excluding diaryl/α,β-unsaturated/α-hetero) is 1. The molecule has 1 aromatic rings. The molecule has 8 heteroatoms. The SMILES string of the molecule is COC(=O)[C@@H]1C(=O)C2=C(C[C@H]1C)NC(=O)C[C@@H]2c1cccc([N+](=O)[O-])c1. The van der Waals surface area contributed by atoms with E-state index in [1.807, 2.05) is 0 Å². The van der Waals surface area contributed by atoms with Crippen molar-refractivity contribution in [1.82, 2.24) is 5.32 Å². The maximum Gasteiger partial charge on any atom is 0.316 e. The summed E-state index contributed by atoms with van der Waals surface area (Å²) in [6.07, 6.45) is 0.353. The van der Waals surface area contributed by atoms with E-state index in [4.69, 9.17) is 4.74 Å². The molecule has 0 saturated carbocycles. The number of nitrogens with one attached hydrogen (secondary N) is 1. The van der Waals surface area contributed by atoms with Crippen LogP contribution in [0.15, 0.2) is 35.5 Å². The highest BCUT2D eigenvalue weighted by Gasteiger charge is 2.45. The average Bonchev–Trinajstić information content (AvgIpc) is 2.60. The molecule has 0 unspecified atom stereocenters. The zero-order chi connectivity index (χ0) is 19.0. The Labute approximate surface area is 149 Å². The van der Waals surface area contributed by atoms with Crippen molar-refractivity contribution >= 4 is 23.3 Å². The van der Waals surface area contributed by atoms with Crippen LogP contribution in [0.4, 0.5) is 5.69 Å². The fourth-order valence-corrected chi connectivity index (χ4v) is 3.74.